The van der Waals surface area contributed by atoms with E-state index in [-0.39, 0.29) is 5.56 Å². The molecule has 4 rings (SSSR count). The Morgan fingerprint density at radius 3 is 2.83 bits per heavy atom. The zero-order valence-corrected chi connectivity index (χ0v) is 14.6. The van der Waals surface area contributed by atoms with Crippen LogP contribution >= 0.6 is 35.0 Å². The van der Waals surface area contributed by atoms with E-state index in [2.05, 4.69) is 15.1 Å². The van der Waals surface area contributed by atoms with E-state index in [1.54, 1.807) is 35.0 Å². The van der Waals surface area contributed by atoms with Crippen LogP contribution in [0, 0.1) is 0 Å². The molecule has 4 aromatic rings. The average Bonchev–Trinajstić information content (AvgIpc) is 3.01. The third-order valence-corrected chi connectivity index (χ3v) is 4.66. The monoisotopic (exact) mass is 377 g/mol. The van der Waals surface area contributed by atoms with Gasteiger partial charge in [-0.15, -0.1) is 5.10 Å². The number of thioether (sulfide) groups is 1. The molecule has 0 radical (unpaired) electrons. The van der Waals surface area contributed by atoms with E-state index in [4.69, 9.17) is 23.2 Å². The van der Waals surface area contributed by atoms with Crippen LogP contribution in [0.15, 0.2) is 46.6 Å². The molecular formula is C15H9Cl2N5OS. The van der Waals surface area contributed by atoms with Gasteiger partial charge in [0.1, 0.15) is 0 Å². The first-order chi connectivity index (χ1) is 11.6. The molecule has 6 nitrogen and oxygen atoms in total. The molecule has 0 saturated carbocycles. The number of hydrogen-bond acceptors (Lipinski definition) is 5. The predicted molar refractivity (Wildman–Crippen MR) is 95.7 cm³/mol. The van der Waals surface area contributed by atoms with Crippen LogP contribution < -0.4 is 5.56 Å². The largest absolute Gasteiger partial charge is 0.282 e. The second kappa shape index (κ2) is 5.77. The lowest BCUT2D eigenvalue weighted by atomic mass is 10.2. The van der Waals surface area contributed by atoms with E-state index < -0.39 is 0 Å². The van der Waals surface area contributed by atoms with Gasteiger partial charge in [-0.3, -0.25) is 9.36 Å². The van der Waals surface area contributed by atoms with E-state index >= 15 is 0 Å². The zero-order chi connectivity index (χ0) is 16.8. The summed E-state index contributed by atoms with van der Waals surface area (Å²) in [6.45, 7) is 0. The summed E-state index contributed by atoms with van der Waals surface area (Å²) in [4.78, 5) is 21.4. The van der Waals surface area contributed by atoms with Gasteiger partial charge in [0.15, 0.2) is 0 Å². The molecule has 9 heteroatoms. The lowest BCUT2D eigenvalue weighted by Crippen LogP contribution is -2.19. The first-order valence-corrected chi connectivity index (χ1v) is 8.83. The lowest BCUT2D eigenvalue weighted by molar-refractivity contribution is 0.904. The predicted octanol–water partition coefficient (Wildman–Crippen LogP) is 3.46. The standard InChI is InChI=1S/C15H9Cl2N5OS/c1-24-15-19-14-18-7-9-11(22(14)20-15)4-5-21(13(9)23)12-6-8(16)2-3-10(12)17/h2-7H,1H3. The van der Waals surface area contributed by atoms with Crippen LogP contribution in [0.5, 0.6) is 0 Å². The summed E-state index contributed by atoms with van der Waals surface area (Å²) in [6.07, 6.45) is 5.02. The second-order valence-corrected chi connectivity index (χ2v) is 6.57. The Morgan fingerprint density at radius 1 is 1.21 bits per heavy atom. The highest BCUT2D eigenvalue weighted by Gasteiger charge is 2.13. The molecule has 0 aliphatic heterocycles. The zero-order valence-electron chi connectivity index (χ0n) is 12.3. The van der Waals surface area contributed by atoms with Gasteiger partial charge in [-0.2, -0.15) is 9.50 Å². The Balaban J connectivity index is 2.03. The quantitative estimate of drug-likeness (QED) is 0.500. The van der Waals surface area contributed by atoms with Crippen molar-refractivity contribution in [1.29, 1.82) is 0 Å². The number of pyridine rings is 1. The fourth-order valence-electron chi connectivity index (χ4n) is 2.45. The summed E-state index contributed by atoms with van der Waals surface area (Å²) >= 11 is 13.6. The van der Waals surface area contributed by atoms with Crippen LogP contribution in [0.25, 0.3) is 22.4 Å². The van der Waals surface area contributed by atoms with Gasteiger partial charge in [0.2, 0.25) is 5.16 Å². The van der Waals surface area contributed by atoms with E-state index in [0.29, 0.717) is 37.6 Å². The Kier molecular flexibility index (Phi) is 3.71. The van der Waals surface area contributed by atoms with E-state index in [9.17, 15) is 4.79 Å². The number of nitrogens with zero attached hydrogens (tertiary/aromatic N) is 5. The molecule has 1 aromatic carbocycles. The molecule has 0 spiro atoms. The van der Waals surface area contributed by atoms with Crippen molar-refractivity contribution in [2.24, 2.45) is 0 Å². The molecule has 0 bridgehead atoms. The molecule has 0 fully saturated rings. The van der Waals surface area contributed by atoms with Crippen molar-refractivity contribution < 1.29 is 0 Å². The number of rotatable bonds is 2. The van der Waals surface area contributed by atoms with Gasteiger partial charge < -0.3 is 0 Å². The van der Waals surface area contributed by atoms with Gasteiger partial charge in [0.05, 0.1) is 21.6 Å². The number of benzene rings is 1. The number of halogens is 2. The van der Waals surface area contributed by atoms with E-state index in [1.165, 1.54) is 22.5 Å². The van der Waals surface area contributed by atoms with E-state index in [1.807, 2.05) is 6.26 Å². The summed E-state index contributed by atoms with van der Waals surface area (Å²) in [5.41, 5.74) is 0.888. The maximum absolute atomic E-state index is 12.9. The van der Waals surface area contributed by atoms with Crippen molar-refractivity contribution >= 4 is 51.6 Å². The van der Waals surface area contributed by atoms with Gasteiger partial charge in [-0.1, -0.05) is 35.0 Å². The minimum atomic E-state index is -0.257. The summed E-state index contributed by atoms with van der Waals surface area (Å²) in [6, 6.07) is 6.75. The molecule has 0 amide bonds. The van der Waals surface area contributed by atoms with Crippen LogP contribution in [-0.4, -0.2) is 30.4 Å². The SMILES string of the molecule is CSc1nc2ncc3c(=O)n(-c4cc(Cl)ccc4Cl)ccc3n2n1. The van der Waals surface area contributed by atoms with Crippen molar-refractivity contribution in [2.75, 3.05) is 6.26 Å². The summed E-state index contributed by atoms with van der Waals surface area (Å²) in [5, 5.41) is 6.28. The first kappa shape index (κ1) is 15.4. The van der Waals surface area contributed by atoms with Gasteiger partial charge in [0.25, 0.3) is 11.3 Å². The van der Waals surface area contributed by atoms with Gasteiger partial charge in [0, 0.05) is 17.4 Å². The third kappa shape index (κ3) is 2.36. The molecule has 0 N–H and O–H groups in total. The maximum atomic E-state index is 12.9. The fraction of sp³-hybridized carbons (Fsp3) is 0.0667. The molecule has 3 heterocycles. The number of aromatic nitrogens is 5. The molecule has 3 aromatic heterocycles. The van der Waals surface area contributed by atoms with E-state index in [0.717, 1.165) is 0 Å². The number of hydrogen-bond donors (Lipinski definition) is 0. The molecule has 0 saturated heterocycles. The third-order valence-electron chi connectivity index (χ3n) is 3.56. The minimum Gasteiger partial charge on any atom is -0.282 e. The average molecular weight is 378 g/mol. The molecule has 0 aliphatic carbocycles. The second-order valence-electron chi connectivity index (χ2n) is 4.95. The molecule has 120 valence electrons. The summed E-state index contributed by atoms with van der Waals surface area (Å²) < 4.78 is 3.00. The van der Waals surface area contributed by atoms with Crippen molar-refractivity contribution in [3.63, 3.8) is 0 Å². The molecule has 0 aliphatic rings. The highest BCUT2D eigenvalue weighted by atomic mass is 35.5. The molecule has 0 atom stereocenters. The highest BCUT2D eigenvalue weighted by molar-refractivity contribution is 7.98. The van der Waals surface area contributed by atoms with Crippen LogP contribution in [-0.2, 0) is 0 Å². The Labute approximate surface area is 150 Å². The van der Waals surface area contributed by atoms with Crippen LogP contribution in [0.3, 0.4) is 0 Å². The fourth-order valence-corrected chi connectivity index (χ4v) is 3.16. The Bertz CT molecular complexity index is 1150. The van der Waals surface area contributed by atoms with Crippen LogP contribution in [0.1, 0.15) is 0 Å². The highest BCUT2D eigenvalue weighted by Crippen LogP contribution is 2.24. The molecule has 24 heavy (non-hydrogen) atoms. The van der Waals surface area contributed by atoms with Gasteiger partial charge >= 0.3 is 0 Å². The Hall–Kier alpha value is -2.09. The van der Waals surface area contributed by atoms with Gasteiger partial charge in [-0.25, -0.2) is 4.98 Å². The minimum absolute atomic E-state index is 0.257. The lowest BCUT2D eigenvalue weighted by Gasteiger charge is -2.09. The number of fused-ring (bicyclic) bond motifs is 3. The Morgan fingerprint density at radius 2 is 2.04 bits per heavy atom. The van der Waals surface area contributed by atoms with Crippen molar-refractivity contribution in [3.8, 4) is 5.69 Å². The van der Waals surface area contributed by atoms with Crippen molar-refractivity contribution in [2.45, 2.75) is 5.16 Å². The molecular weight excluding hydrogens is 369 g/mol. The topological polar surface area (TPSA) is 65.1 Å². The summed E-state index contributed by atoms with van der Waals surface area (Å²) in [5.74, 6) is 0.449. The van der Waals surface area contributed by atoms with Crippen LogP contribution in [0.4, 0.5) is 0 Å². The summed E-state index contributed by atoms with van der Waals surface area (Å²) in [7, 11) is 0. The van der Waals surface area contributed by atoms with Crippen LogP contribution in [0.2, 0.25) is 10.0 Å². The van der Waals surface area contributed by atoms with Crippen molar-refractivity contribution in [3.05, 3.63) is 57.1 Å². The smallest absolute Gasteiger partial charge is 0.266 e. The van der Waals surface area contributed by atoms with Crippen molar-refractivity contribution in [1.82, 2.24) is 24.1 Å². The molecule has 0 unspecified atom stereocenters. The first-order valence-electron chi connectivity index (χ1n) is 6.85. The van der Waals surface area contributed by atoms with Gasteiger partial charge in [-0.05, 0) is 30.5 Å². The normalized spacial score (nSPS) is 11.5. The maximum Gasteiger partial charge on any atom is 0.266 e.